The molecule has 0 saturated heterocycles. The van der Waals surface area contributed by atoms with Gasteiger partial charge >= 0.3 is 0 Å². The lowest BCUT2D eigenvalue weighted by Gasteiger charge is -2.02. The fraction of sp³-hybridized carbons (Fsp3) is 0. The Balaban J connectivity index is 3.47. The van der Waals surface area contributed by atoms with Crippen LogP contribution in [0, 0.1) is 0 Å². The molecule has 0 saturated carbocycles. The van der Waals surface area contributed by atoms with Gasteiger partial charge in [-0.2, -0.15) is 16.8 Å². The van der Waals surface area contributed by atoms with Gasteiger partial charge in [-0.1, -0.05) is 0 Å². The van der Waals surface area contributed by atoms with Crippen molar-refractivity contribution < 1.29 is 31.0 Å². The van der Waals surface area contributed by atoms with Crippen molar-refractivity contribution in [3.05, 3.63) is 18.2 Å². The lowest BCUT2D eigenvalue weighted by atomic mass is 10.3. The van der Waals surface area contributed by atoms with E-state index < -0.39 is 35.8 Å². The van der Waals surface area contributed by atoms with Gasteiger partial charge in [-0.05, 0) is 12.1 Å². The average molecular weight is 254 g/mol. The number of benzene rings is 1. The SMILES string of the molecule is O=S(=O)(O)c1ccc(S(=O)(=O)O)c(O)c1. The van der Waals surface area contributed by atoms with E-state index in [-0.39, 0.29) is 0 Å². The average Bonchev–Trinajstić information content (AvgIpc) is 1.99. The minimum atomic E-state index is -4.62. The van der Waals surface area contributed by atoms with E-state index in [4.69, 9.17) is 14.2 Å². The Morgan fingerprint density at radius 1 is 0.933 bits per heavy atom. The Kier molecular flexibility index (Phi) is 2.74. The second kappa shape index (κ2) is 3.45. The summed E-state index contributed by atoms with van der Waals surface area (Å²) < 4.78 is 59.5. The van der Waals surface area contributed by atoms with Crippen LogP contribution in [0.3, 0.4) is 0 Å². The van der Waals surface area contributed by atoms with Gasteiger partial charge in [0.05, 0.1) is 4.90 Å². The maximum Gasteiger partial charge on any atom is 0.298 e. The van der Waals surface area contributed by atoms with Crippen molar-refractivity contribution in [2.75, 3.05) is 0 Å². The molecule has 1 aromatic carbocycles. The smallest absolute Gasteiger partial charge is 0.298 e. The minimum Gasteiger partial charge on any atom is -0.506 e. The number of aromatic hydroxyl groups is 1. The van der Waals surface area contributed by atoms with Gasteiger partial charge in [0.15, 0.2) is 0 Å². The first-order chi connectivity index (χ1) is 6.62. The highest BCUT2D eigenvalue weighted by molar-refractivity contribution is 7.86. The third-order valence-electron chi connectivity index (χ3n) is 1.51. The molecule has 0 aliphatic heterocycles. The predicted molar refractivity (Wildman–Crippen MR) is 47.7 cm³/mol. The summed E-state index contributed by atoms with van der Waals surface area (Å²) in [6.07, 6.45) is 0. The number of rotatable bonds is 2. The quantitative estimate of drug-likeness (QED) is 0.627. The Hall–Kier alpha value is -1.16. The van der Waals surface area contributed by atoms with Crippen molar-refractivity contribution in [1.82, 2.24) is 0 Å². The summed E-state index contributed by atoms with van der Waals surface area (Å²) in [5, 5.41) is 9.08. The van der Waals surface area contributed by atoms with Gasteiger partial charge in [0, 0.05) is 6.07 Å². The lowest BCUT2D eigenvalue weighted by Crippen LogP contribution is -2.02. The lowest BCUT2D eigenvalue weighted by molar-refractivity contribution is 0.439. The first-order valence-corrected chi connectivity index (χ1v) is 6.28. The summed E-state index contributed by atoms with van der Waals surface area (Å²) in [5.41, 5.74) is 0. The Morgan fingerprint density at radius 2 is 1.47 bits per heavy atom. The molecule has 0 heterocycles. The number of phenols is 1. The zero-order valence-electron chi connectivity index (χ0n) is 7.02. The van der Waals surface area contributed by atoms with Gasteiger partial charge in [0.2, 0.25) is 0 Å². The summed E-state index contributed by atoms with van der Waals surface area (Å²) in [7, 11) is -9.15. The Labute approximate surface area is 85.5 Å². The van der Waals surface area contributed by atoms with Crippen LogP contribution in [0.2, 0.25) is 0 Å². The molecule has 1 rings (SSSR count). The molecule has 0 spiro atoms. The van der Waals surface area contributed by atoms with Crippen molar-refractivity contribution in [2.24, 2.45) is 0 Å². The molecule has 84 valence electrons. The Morgan fingerprint density at radius 3 is 1.80 bits per heavy atom. The van der Waals surface area contributed by atoms with E-state index in [9.17, 15) is 16.8 Å². The van der Waals surface area contributed by atoms with Crippen molar-refractivity contribution in [2.45, 2.75) is 9.79 Å². The molecule has 0 amide bonds. The first kappa shape index (κ1) is 11.9. The summed E-state index contributed by atoms with van der Waals surface area (Å²) in [4.78, 5) is -1.51. The van der Waals surface area contributed by atoms with Crippen LogP contribution >= 0.6 is 0 Å². The van der Waals surface area contributed by atoms with E-state index in [0.717, 1.165) is 6.07 Å². The molecule has 0 fully saturated rings. The van der Waals surface area contributed by atoms with Gasteiger partial charge in [-0.25, -0.2) is 0 Å². The molecular weight excluding hydrogens is 248 g/mol. The molecule has 1 aromatic rings. The van der Waals surface area contributed by atoms with Gasteiger partial charge in [0.1, 0.15) is 10.6 Å². The Bertz CT molecular complexity index is 584. The van der Waals surface area contributed by atoms with Crippen molar-refractivity contribution in [1.29, 1.82) is 0 Å². The molecular formula is C6H6O7S2. The molecule has 0 bridgehead atoms. The maximum atomic E-state index is 10.6. The highest BCUT2D eigenvalue weighted by Gasteiger charge is 2.18. The molecule has 0 aliphatic rings. The molecule has 0 aliphatic carbocycles. The second-order valence-corrected chi connectivity index (χ2v) is 5.39. The van der Waals surface area contributed by atoms with E-state index >= 15 is 0 Å². The molecule has 0 radical (unpaired) electrons. The number of hydrogen-bond donors (Lipinski definition) is 3. The number of hydrogen-bond acceptors (Lipinski definition) is 5. The van der Waals surface area contributed by atoms with Gasteiger partial charge in [0.25, 0.3) is 20.2 Å². The zero-order chi connectivity index (χ0) is 11.9. The topological polar surface area (TPSA) is 129 Å². The summed E-state index contributed by atoms with van der Waals surface area (Å²) in [5.74, 6) is -0.965. The van der Waals surface area contributed by atoms with Crippen molar-refractivity contribution in [3.8, 4) is 5.75 Å². The second-order valence-electron chi connectivity index (χ2n) is 2.58. The fourth-order valence-electron chi connectivity index (χ4n) is 0.876. The largest absolute Gasteiger partial charge is 0.506 e. The van der Waals surface area contributed by atoms with Crippen LogP contribution in [0.1, 0.15) is 0 Å². The van der Waals surface area contributed by atoms with E-state index in [1.807, 2.05) is 0 Å². The first-order valence-electron chi connectivity index (χ1n) is 3.40. The highest BCUT2D eigenvalue weighted by Crippen LogP contribution is 2.25. The van der Waals surface area contributed by atoms with Crippen molar-refractivity contribution >= 4 is 20.2 Å². The number of phenolic OH excluding ortho intramolecular Hbond substituents is 1. The molecule has 0 aromatic heterocycles. The van der Waals surface area contributed by atoms with E-state index in [2.05, 4.69) is 0 Å². The van der Waals surface area contributed by atoms with E-state index in [0.29, 0.717) is 12.1 Å². The molecule has 0 atom stereocenters. The molecule has 15 heavy (non-hydrogen) atoms. The van der Waals surface area contributed by atoms with Gasteiger partial charge < -0.3 is 5.11 Å². The predicted octanol–water partition coefficient (Wildman–Crippen LogP) is -0.114. The third kappa shape index (κ3) is 2.65. The fourth-order valence-corrected chi connectivity index (χ4v) is 1.94. The van der Waals surface area contributed by atoms with E-state index in [1.165, 1.54) is 0 Å². The minimum absolute atomic E-state index is 0.512. The van der Waals surface area contributed by atoms with Gasteiger partial charge in [-0.3, -0.25) is 9.11 Å². The molecule has 7 nitrogen and oxygen atoms in total. The zero-order valence-corrected chi connectivity index (χ0v) is 8.66. The standard InChI is InChI=1S/C6H6O7S2/c7-5-3-4(14(8,9)10)1-2-6(5)15(11,12)13/h1-3,7H,(H,8,9,10)(H,11,12,13). The summed E-state index contributed by atoms with van der Waals surface area (Å²) >= 11 is 0. The van der Waals surface area contributed by atoms with Gasteiger partial charge in [-0.15, -0.1) is 0 Å². The third-order valence-corrected chi connectivity index (χ3v) is 3.26. The van der Waals surface area contributed by atoms with Crippen LogP contribution in [0.15, 0.2) is 28.0 Å². The molecule has 3 N–H and O–H groups in total. The molecule has 0 unspecified atom stereocenters. The maximum absolute atomic E-state index is 10.6. The van der Waals surface area contributed by atoms with E-state index in [1.54, 1.807) is 0 Å². The normalized spacial score (nSPS) is 12.7. The highest BCUT2D eigenvalue weighted by atomic mass is 32.2. The molecule has 9 heteroatoms. The summed E-state index contributed by atoms with van der Waals surface area (Å²) in [6.45, 7) is 0. The van der Waals surface area contributed by atoms with Crippen LogP contribution in [0.4, 0.5) is 0 Å². The van der Waals surface area contributed by atoms with Crippen LogP contribution in [0.5, 0.6) is 5.75 Å². The summed E-state index contributed by atoms with van der Waals surface area (Å²) in [6, 6.07) is 1.91. The monoisotopic (exact) mass is 254 g/mol. The van der Waals surface area contributed by atoms with Crippen LogP contribution in [-0.4, -0.2) is 31.0 Å². The van der Waals surface area contributed by atoms with Crippen LogP contribution < -0.4 is 0 Å². The van der Waals surface area contributed by atoms with Crippen molar-refractivity contribution in [3.63, 3.8) is 0 Å². The van der Waals surface area contributed by atoms with Crippen LogP contribution in [-0.2, 0) is 20.2 Å². The van der Waals surface area contributed by atoms with Crippen LogP contribution in [0.25, 0.3) is 0 Å².